The molecule has 1 rings (SSSR count). The van der Waals surface area contributed by atoms with Crippen molar-refractivity contribution in [3.05, 3.63) is 0 Å². The van der Waals surface area contributed by atoms with Crippen LogP contribution in [0.3, 0.4) is 0 Å². The molecular formula is C6H11NO2. The Morgan fingerprint density at radius 3 is 2.67 bits per heavy atom. The summed E-state index contributed by atoms with van der Waals surface area (Å²) < 4.78 is 0. The smallest absolute Gasteiger partial charge is 0.320 e. The van der Waals surface area contributed by atoms with Gasteiger partial charge in [-0.2, -0.15) is 0 Å². The first-order valence-electron chi connectivity index (χ1n) is 3.22. The first-order valence-corrected chi connectivity index (χ1v) is 3.22. The molecule has 3 heteroatoms. The Bertz CT molecular complexity index is 122. The second kappa shape index (κ2) is 2.35. The van der Waals surface area contributed by atoms with Crippen LogP contribution in [0, 0.1) is 0 Å². The van der Waals surface area contributed by atoms with Gasteiger partial charge in [-0.25, -0.2) is 0 Å². The third kappa shape index (κ3) is 1.05. The van der Waals surface area contributed by atoms with Gasteiger partial charge in [-0.1, -0.05) is 6.92 Å². The molecule has 0 bridgehead atoms. The van der Waals surface area contributed by atoms with E-state index in [-0.39, 0.29) is 6.04 Å². The summed E-state index contributed by atoms with van der Waals surface area (Å²) in [6.07, 6.45) is 0.823. The van der Waals surface area contributed by atoms with E-state index in [0.717, 1.165) is 19.5 Å². The number of carboxylic acid groups (broad SMARTS) is 1. The van der Waals surface area contributed by atoms with Gasteiger partial charge >= 0.3 is 5.97 Å². The van der Waals surface area contributed by atoms with E-state index in [1.54, 1.807) is 0 Å². The van der Waals surface area contributed by atoms with Crippen molar-refractivity contribution < 1.29 is 9.90 Å². The SMILES string of the molecule is CCN1CCC1C(=O)O. The van der Waals surface area contributed by atoms with Gasteiger partial charge in [0, 0.05) is 6.54 Å². The highest BCUT2D eigenvalue weighted by Gasteiger charge is 2.32. The van der Waals surface area contributed by atoms with Gasteiger partial charge in [0.2, 0.25) is 0 Å². The lowest BCUT2D eigenvalue weighted by Crippen LogP contribution is -2.51. The van der Waals surface area contributed by atoms with E-state index in [0.29, 0.717) is 0 Å². The zero-order valence-corrected chi connectivity index (χ0v) is 5.50. The van der Waals surface area contributed by atoms with Crippen LogP contribution < -0.4 is 0 Å². The van der Waals surface area contributed by atoms with Gasteiger partial charge in [0.05, 0.1) is 0 Å². The van der Waals surface area contributed by atoms with Crippen molar-refractivity contribution in [2.24, 2.45) is 0 Å². The largest absolute Gasteiger partial charge is 0.480 e. The summed E-state index contributed by atoms with van der Waals surface area (Å²) in [5, 5.41) is 8.49. The molecule has 1 unspecified atom stereocenters. The van der Waals surface area contributed by atoms with Crippen LogP contribution in [-0.2, 0) is 4.79 Å². The number of rotatable bonds is 2. The van der Waals surface area contributed by atoms with Crippen LogP contribution in [0.5, 0.6) is 0 Å². The van der Waals surface area contributed by atoms with Crippen LogP contribution >= 0.6 is 0 Å². The number of nitrogens with zero attached hydrogens (tertiary/aromatic N) is 1. The first-order chi connectivity index (χ1) is 4.25. The number of likely N-dealkylation sites (N-methyl/N-ethyl adjacent to an activating group) is 1. The average molecular weight is 129 g/mol. The van der Waals surface area contributed by atoms with Crippen LogP contribution in [0.2, 0.25) is 0 Å². The highest BCUT2D eigenvalue weighted by atomic mass is 16.4. The minimum Gasteiger partial charge on any atom is -0.480 e. The topological polar surface area (TPSA) is 40.5 Å². The van der Waals surface area contributed by atoms with Gasteiger partial charge in [0.1, 0.15) is 6.04 Å². The Kier molecular flexibility index (Phi) is 1.71. The summed E-state index contributed by atoms with van der Waals surface area (Å²) in [6.45, 7) is 3.79. The number of carboxylic acids is 1. The van der Waals surface area contributed by atoms with Crippen molar-refractivity contribution in [2.75, 3.05) is 13.1 Å². The second-order valence-electron chi connectivity index (χ2n) is 2.27. The maximum atomic E-state index is 10.3. The fourth-order valence-corrected chi connectivity index (χ4v) is 1.10. The van der Waals surface area contributed by atoms with Gasteiger partial charge in [-0.15, -0.1) is 0 Å². The minimum atomic E-state index is -0.678. The van der Waals surface area contributed by atoms with E-state index in [1.807, 2.05) is 11.8 Å². The van der Waals surface area contributed by atoms with Gasteiger partial charge in [-0.05, 0) is 13.0 Å². The molecule has 1 fully saturated rings. The molecule has 9 heavy (non-hydrogen) atoms. The zero-order valence-electron chi connectivity index (χ0n) is 5.50. The molecule has 1 saturated heterocycles. The lowest BCUT2D eigenvalue weighted by molar-refractivity contribution is -0.147. The third-order valence-electron chi connectivity index (χ3n) is 1.82. The number of likely N-dealkylation sites (tertiary alicyclic amines) is 1. The molecule has 1 aliphatic heterocycles. The average Bonchev–Trinajstić information content (AvgIpc) is 1.61. The Hall–Kier alpha value is -0.570. The fourth-order valence-electron chi connectivity index (χ4n) is 1.10. The van der Waals surface area contributed by atoms with Crippen LogP contribution in [0.1, 0.15) is 13.3 Å². The van der Waals surface area contributed by atoms with E-state index in [1.165, 1.54) is 0 Å². The molecule has 1 atom stereocenters. The van der Waals surface area contributed by atoms with E-state index in [9.17, 15) is 4.79 Å². The van der Waals surface area contributed by atoms with E-state index in [2.05, 4.69) is 0 Å². The van der Waals surface area contributed by atoms with E-state index < -0.39 is 5.97 Å². The molecule has 0 aromatic rings. The molecule has 52 valence electrons. The number of carbonyl (C=O) groups is 1. The third-order valence-corrected chi connectivity index (χ3v) is 1.82. The maximum absolute atomic E-state index is 10.3. The van der Waals surface area contributed by atoms with Gasteiger partial charge in [0.15, 0.2) is 0 Å². The second-order valence-corrected chi connectivity index (χ2v) is 2.27. The molecule has 0 spiro atoms. The Labute approximate surface area is 54.3 Å². The number of aliphatic carboxylic acids is 1. The van der Waals surface area contributed by atoms with Crippen molar-refractivity contribution >= 4 is 5.97 Å². The van der Waals surface area contributed by atoms with Crippen molar-refractivity contribution in [3.8, 4) is 0 Å². The van der Waals surface area contributed by atoms with Crippen molar-refractivity contribution in [1.82, 2.24) is 4.90 Å². The summed E-state index contributed by atoms with van der Waals surface area (Å²) in [7, 11) is 0. The zero-order chi connectivity index (χ0) is 6.85. The van der Waals surface area contributed by atoms with Crippen LogP contribution in [-0.4, -0.2) is 35.1 Å². The molecule has 0 saturated carbocycles. The summed E-state index contributed by atoms with van der Waals surface area (Å²) in [5.74, 6) is -0.678. The van der Waals surface area contributed by atoms with Crippen molar-refractivity contribution in [3.63, 3.8) is 0 Å². The predicted octanol–water partition coefficient (Wildman–Crippen LogP) is 0.165. The number of hydrogen-bond acceptors (Lipinski definition) is 2. The Morgan fingerprint density at radius 1 is 1.89 bits per heavy atom. The predicted molar refractivity (Wildman–Crippen MR) is 33.3 cm³/mol. The monoisotopic (exact) mass is 129 g/mol. The van der Waals surface area contributed by atoms with Crippen molar-refractivity contribution in [2.45, 2.75) is 19.4 Å². The maximum Gasteiger partial charge on any atom is 0.320 e. The lowest BCUT2D eigenvalue weighted by atomic mass is 10.0. The summed E-state index contributed by atoms with van der Waals surface area (Å²) in [6, 6.07) is -0.185. The quantitative estimate of drug-likeness (QED) is 0.577. The molecule has 0 radical (unpaired) electrons. The van der Waals surface area contributed by atoms with Gasteiger partial charge < -0.3 is 5.11 Å². The first kappa shape index (κ1) is 6.55. The van der Waals surface area contributed by atoms with Gasteiger partial charge in [0.25, 0.3) is 0 Å². The number of hydrogen-bond donors (Lipinski definition) is 1. The highest BCUT2D eigenvalue weighted by Crippen LogP contribution is 2.15. The molecular weight excluding hydrogens is 118 g/mol. The Balaban J connectivity index is 2.35. The van der Waals surface area contributed by atoms with Crippen LogP contribution in [0.25, 0.3) is 0 Å². The lowest BCUT2D eigenvalue weighted by Gasteiger charge is -2.36. The molecule has 1 heterocycles. The molecule has 0 amide bonds. The fraction of sp³-hybridized carbons (Fsp3) is 0.833. The molecule has 1 aliphatic rings. The van der Waals surface area contributed by atoms with Gasteiger partial charge in [-0.3, -0.25) is 9.69 Å². The summed E-state index contributed by atoms with van der Waals surface area (Å²) >= 11 is 0. The van der Waals surface area contributed by atoms with Crippen LogP contribution in [0.15, 0.2) is 0 Å². The standard InChI is InChI=1S/C6H11NO2/c1-2-7-4-3-5(7)6(8)9/h5H,2-4H2,1H3,(H,8,9). The van der Waals surface area contributed by atoms with E-state index >= 15 is 0 Å². The molecule has 0 aromatic heterocycles. The summed E-state index contributed by atoms with van der Waals surface area (Å²) in [5.41, 5.74) is 0. The highest BCUT2D eigenvalue weighted by molar-refractivity contribution is 5.74. The summed E-state index contributed by atoms with van der Waals surface area (Å²) in [4.78, 5) is 12.3. The minimum absolute atomic E-state index is 0.185. The van der Waals surface area contributed by atoms with Crippen molar-refractivity contribution in [1.29, 1.82) is 0 Å². The normalized spacial score (nSPS) is 27.4. The molecule has 0 aliphatic carbocycles. The van der Waals surface area contributed by atoms with E-state index in [4.69, 9.17) is 5.11 Å². The Morgan fingerprint density at radius 2 is 2.56 bits per heavy atom. The molecule has 1 N–H and O–H groups in total. The van der Waals surface area contributed by atoms with Crippen LogP contribution in [0.4, 0.5) is 0 Å². The molecule has 3 nitrogen and oxygen atoms in total. The molecule has 0 aromatic carbocycles.